The zero-order chi connectivity index (χ0) is 13.2. The molecule has 19 heavy (non-hydrogen) atoms. The highest BCUT2D eigenvalue weighted by Gasteiger charge is 2.02. The summed E-state index contributed by atoms with van der Waals surface area (Å²) in [6.45, 7) is 2.86. The number of rotatable bonds is 3. The monoisotopic (exact) mass is 363 g/mol. The van der Waals surface area contributed by atoms with Gasteiger partial charge in [0.15, 0.2) is 0 Å². The Hall–Kier alpha value is -1.56. The predicted molar refractivity (Wildman–Crippen MR) is 86.4 cm³/mol. The van der Waals surface area contributed by atoms with Crippen molar-refractivity contribution in [3.63, 3.8) is 0 Å². The van der Waals surface area contributed by atoms with Gasteiger partial charge in [-0.3, -0.25) is 0 Å². The van der Waals surface area contributed by atoms with Crippen LogP contribution in [-0.2, 0) is 6.54 Å². The predicted octanol–water partition coefficient (Wildman–Crippen LogP) is 3.86. The molecule has 4 heteroatoms. The smallest absolute Gasteiger partial charge is 0.137 e. The third-order valence-electron chi connectivity index (χ3n) is 3.06. The van der Waals surface area contributed by atoms with Crippen LogP contribution in [0, 0.1) is 10.5 Å². The van der Waals surface area contributed by atoms with Crippen LogP contribution in [0.25, 0.3) is 5.65 Å². The highest BCUT2D eigenvalue weighted by Crippen LogP contribution is 2.18. The van der Waals surface area contributed by atoms with Crippen molar-refractivity contribution in [2.45, 2.75) is 13.5 Å². The summed E-state index contributed by atoms with van der Waals surface area (Å²) in [6.07, 6.45) is 4.08. The minimum absolute atomic E-state index is 0.739. The number of aryl methyl sites for hydroxylation is 1. The zero-order valence-corrected chi connectivity index (χ0v) is 12.8. The molecule has 0 unspecified atom stereocenters. The van der Waals surface area contributed by atoms with E-state index in [1.54, 1.807) is 0 Å². The van der Waals surface area contributed by atoms with Crippen LogP contribution in [0.5, 0.6) is 0 Å². The van der Waals surface area contributed by atoms with E-state index in [9.17, 15) is 0 Å². The number of imidazole rings is 1. The summed E-state index contributed by atoms with van der Waals surface area (Å²) in [4.78, 5) is 4.57. The summed E-state index contributed by atoms with van der Waals surface area (Å²) < 4.78 is 3.30. The van der Waals surface area contributed by atoms with E-state index in [0.29, 0.717) is 0 Å². The van der Waals surface area contributed by atoms with Gasteiger partial charge in [-0.05, 0) is 65.4 Å². The number of anilines is 1. The maximum absolute atomic E-state index is 4.57. The lowest BCUT2D eigenvalue weighted by molar-refractivity contribution is 1.07. The highest BCUT2D eigenvalue weighted by molar-refractivity contribution is 14.1. The largest absolute Gasteiger partial charge is 0.379 e. The van der Waals surface area contributed by atoms with Crippen LogP contribution in [0.3, 0.4) is 0 Å². The number of halogens is 1. The van der Waals surface area contributed by atoms with Gasteiger partial charge in [-0.2, -0.15) is 0 Å². The Balaban J connectivity index is 1.78. The lowest BCUT2D eigenvalue weighted by Gasteiger charge is -2.08. The fourth-order valence-corrected chi connectivity index (χ4v) is 2.73. The van der Waals surface area contributed by atoms with Crippen molar-refractivity contribution in [3.05, 3.63) is 63.6 Å². The van der Waals surface area contributed by atoms with Gasteiger partial charge < -0.3 is 9.72 Å². The van der Waals surface area contributed by atoms with E-state index in [1.807, 2.05) is 28.8 Å². The van der Waals surface area contributed by atoms with Crippen LogP contribution in [-0.4, -0.2) is 9.38 Å². The molecule has 96 valence electrons. The van der Waals surface area contributed by atoms with Gasteiger partial charge in [-0.25, -0.2) is 4.98 Å². The molecule has 0 aliphatic carbocycles. The van der Waals surface area contributed by atoms with Crippen molar-refractivity contribution in [3.8, 4) is 0 Å². The number of aromatic nitrogens is 2. The second-order valence-electron chi connectivity index (χ2n) is 4.51. The van der Waals surface area contributed by atoms with Gasteiger partial charge in [0.05, 0.1) is 12.2 Å². The van der Waals surface area contributed by atoms with E-state index >= 15 is 0 Å². The topological polar surface area (TPSA) is 29.3 Å². The fourth-order valence-electron chi connectivity index (χ4n) is 2.08. The van der Waals surface area contributed by atoms with Crippen LogP contribution >= 0.6 is 22.6 Å². The van der Waals surface area contributed by atoms with Gasteiger partial charge in [0.2, 0.25) is 0 Å². The Morgan fingerprint density at radius 3 is 2.95 bits per heavy atom. The van der Waals surface area contributed by atoms with E-state index in [-0.39, 0.29) is 0 Å². The second kappa shape index (κ2) is 5.21. The molecule has 0 saturated carbocycles. The van der Waals surface area contributed by atoms with E-state index in [0.717, 1.165) is 23.6 Å². The van der Waals surface area contributed by atoms with Crippen LogP contribution in [0.2, 0.25) is 0 Å². The first-order chi connectivity index (χ1) is 9.22. The molecule has 3 aromatic rings. The number of nitrogens with zero attached hydrogens (tertiary/aromatic N) is 2. The minimum Gasteiger partial charge on any atom is -0.379 e. The molecule has 3 rings (SSSR count). The van der Waals surface area contributed by atoms with Gasteiger partial charge in [0.1, 0.15) is 5.65 Å². The average Bonchev–Trinajstić information content (AvgIpc) is 2.80. The van der Waals surface area contributed by atoms with E-state index in [1.165, 1.54) is 9.13 Å². The Morgan fingerprint density at radius 2 is 2.16 bits per heavy atom. The van der Waals surface area contributed by atoms with Crippen LogP contribution in [0.1, 0.15) is 11.3 Å². The molecule has 2 heterocycles. The standard InChI is InChI=1S/C15H14IN3/c1-11-8-12(16)5-6-14(11)17-9-13-10-19-7-3-2-4-15(19)18-13/h2-8,10,17H,9H2,1H3. The number of hydrogen-bond donors (Lipinski definition) is 1. The average molecular weight is 363 g/mol. The van der Waals surface area contributed by atoms with Crippen LogP contribution in [0.4, 0.5) is 5.69 Å². The van der Waals surface area contributed by atoms with Crippen molar-refractivity contribution < 1.29 is 0 Å². The first-order valence-electron chi connectivity index (χ1n) is 6.15. The molecular formula is C15H14IN3. The number of benzene rings is 1. The van der Waals surface area contributed by atoms with Crippen molar-refractivity contribution in [2.24, 2.45) is 0 Å². The molecule has 3 nitrogen and oxygen atoms in total. The van der Waals surface area contributed by atoms with Gasteiger partial charge in [-0.1, -0.05) is 6.07 Å². The molecule has 1 aromatic carbocycles. The fraction of sp³-hybridized carbons (Fsp3) is 0.133. The van der Waals surface area contributed by atoms with Gasteiger partial charge >= 0.3 is 0 Å². The quantitative estimate of drug-likeness (QED) is 0.716. The SMILES string of the molecule is Cc1cc(I)ccc1NCc1cn2ccccc2n1. The third-order valence-corrected chi connectivity index (χ3v) is 3.73. The Labute approximate surface area is 125 Å². The Kier molecular flexibility index (Phi) is 3.42. The number of nitrogens with one attached hydrogen (secondary N) is 1. The molecule has 0 saturated heterocycles. The molecule has 0 fully saturated rings. The summed E-state index contributed by atoms with van der Waals surface area (Å²) in [7, 11) is 0. The lowest BCUT2D eigenvalue weighted by atomic mass is 10.2. The summed E-state index contributed by atoms with van der Waals surface area (Å²) >= 11 is 2.33. The van der Waals surface area contributed by atoms with Crippen LogP contribution < -0.4 is 5.32 Å². The Bertz CT molecular complexity index is 685. The minimum atomic E-state index is 0.739. The van der Waals surface area contributed by atoms with E-state index < -0.39 is 0 Å². The number of fused-ring (bicyclic) bond motifs is 1. The number of pyridine rings is 1. The first-order valence-corrected chi connectivity index (χ1v) is 7.23. The molecule has 0 aliphatic heterocycles. The zero-order valence-electron chi connectivity index (χ0n) is 10.6. The van der Waals surface area contributed by atoms with Gasteiger partial charge in [-0.15, -0.1) is 0 Å². The van der Waals surface area contributed by atoms with Crippen molar-refractivity contribution in [1.82, 2.24) is 9.38 Å². The maximum Gasteiger partial charge on any atom is 0.137 e. The molecule has 1 N–H and O–H groups in total. The third kappa shape index (κ3) is 2.73. The summed E-state index contributed by atoms with van der Waals surface area (Å²) in [5.41, 5.74) is 4.45. The van der Waals surface area contributed by atoms with E-state index in [2.05, 4.69) is 64.2 Å². The molecule has 0 atom stereocenters. The molecule has 0 aliphatic rings. The number of hydrogen-bond acceptors (Lipinski definition) is 2. The summed E-state index contributed by atoms with van der Waals surface area (Å²) in [6, 6.07) is 12.4. The second-order valence-corrected chi connectivity index (χ2v) is 5.76. The molecular weight excluding hydrogens is 349 g/mol. The van der Waals surface area contributed by atoms with Crippen molar-refractivity contribution >= 4 is 33.9 Å². The molecule has 2 aromatic heterocycles. The molecule has 0 amide bonds. The molecule has 0 spiro atoms. The lowest BCUT2D eigenvalue weighted by Crippen LogP contribution is -2.01. The van der Waals surface area contributed by atoms with Crippen molar-refractivity contribution in [2.75, 3.05) is 5.32 Å². The van der Waals surface area contributed by atoms with E-state index in [4.69, 9.17) is 0 Å². The first kappa shape index (κ1) is 12.5. The highest BCUT2D eigenvalue weighted by atomic mass is 127. The van der Waals surface area contributed by atoms with Gasteiger partial charge in [0.25, 0.3) is 0 Å². The van der Waals surface area contributed by atoms with Crippen molar-refractivity contribution in [1.29, 1.82) is 0 Å². The van der Waals surface area contributed by atoms with Crippen LogP contribution in [0.15, 0.2) is 48.8 Å². The molecule has 0 radical (unpaired) electrons. The maximum atomic E-state index is 4.57. The summed E-state index contributed by atoms with van der Waals surface area (Å²) in [5.74, 6) is 0. The van der Waals surface area contributed by atoms with Gasteiger partial charge in [0, 0.05) is 21.7 Å². The normalized spacial score (nSPS) is 10.8. The Morgan fingerprint density at radius 1 is 1.26 bits per heavy atom. The summed E-state index contributed by atoms with van der Waals surface area (Å²) in [5, 5.41) is 3.44. The molecule has 0 bridgehead atoms.